The van der Waals surface area contributed by atoms with Crippen molar-refractivity contribution < 1.29 is 18.8 Å². The average Bonchev–Trinajstić information content (AvgIpc) is 2.92. The van der Waals surface area contributed by atoms with Crippen molar-refractivity contribution in [3.8, 4) is 5.75 Å². The lowest BCUT2D eigenvalue weighted by molar-refractivity contribution is -0.919. The number of benzene rings is 2. The number of carbonyl (C=O) groups is 1. The topological polar surface area (TPSA) is 35.5 Å². The largest absolute Gasteiger partial charge is 0.487 e. The number of quaternary nitrogens is 1. The lowest BCUT2D eigenvalue weighted by Crippen LogP contribution is -2.52. The van der Waals surface area contributed by atoms with Crippen LogP contribution in [0, 0.1) is 0 Å². The van der Waals surface area contributed by atoms with Gasteiger partial charge in [0.1, 0.15) is 25.0 Å². The van der Waals surface area contributed by atoms with Gasteiger partial charge >= 0.3 is 5.97 Å². The second-order valence-corrected chi connectivity index (χ2v) is 11.8. The van der Waals surface area contributed by atoms with Crippen molar-refractivity contribution in [2.45, 2.75) is 123 Å². The van der Waals surface area contributed by atoms with Gasteiger partial charge in [0.25, 0.3) is 0 Å². The minimum atomic E-state index is -0.216. The lowest BCUT2D eigenvalue weighted by atomic mass is 10.0. The number of ether oxygens (including phenoxy) is 2. The summed E-state index contributed by atoms with van der Waals surface area (Å²) in [6.07, 6.45) is 16.8. The minimum absolute atomic E-state index is 0.156. The Balaban J connectivity index is 1.63. The third-order valence-corrected chi connectivity index (χ3v) is 7.73. The van der Waals surface area contributed by atoms with Gasteiger partial charge in [0, 0.05) is 12.0 Å². The number of nitrogens with zero attached hydrogens (tertiary/aromatic N) is 1. The molecule has 0 aliphatic heterocycles. The Morgan fingerprint density at radius 3 is 1.87 bits per heavy atom. The van der Waals surface area contributed by atoms with Gasteiger partial charge in [-0.05, 0) is 37.5 Å². The van der Waals surface area contributed by atoms with Crippen LogP contribution >= 0.6 is 0 Å². The summed E-state index contributed by atoms with van der Waals surface area (Å²) in [5.74, 6) is 0.671. The molecule has 39 heavy (non-hydrogen) atoms. The lowest BCUT2D eigenvalue weighted by Gasteiger charge is -2.36. The Labute approximate surface area is 239 Å². The van der Waals surface area contributed by atoms with E-state index in [9.17, 15) is 4.79 Å². The molecule has 4 nitrogen and oxygen atoms in total. The fourth-order valence-corrected chi connectivity index (χ4v) is 5.40. The summed E-state index contributed by atoms with van der Waals surface area (Å²) in [4.78, 5) is 13.0. The molecule has 218 valence electrons. The van der Waals surface area contributed by atoms with E-state index in [1.165, 1.54) is 81.8 Å². The van der Waals surface area contributed by atoms with Gasteiger partial charge < -0.3 is 14.0 Å². The number of likely N-dealkylation sites (N-methyl/N-ethyl adjacent to an activating group) is 1. The molecule has 4 heteroatoms. The summed E-state index contributed by atoms with van der Waals surface area (Å²) in [6.45, 7) is 7.32. The van der Waals surface area contributed by atoms with Gasteiger partial charge in [0.2, 0.25) is 0 Å². The molecule has 0 fully saturated rings. The first-order valence-corrected chi connectivity index (χ1v) is 15.6. The summed E-state index contributed by atoms with van der Waals surface area (Å²) < 4.78 is 12.3. The van der Waals surface area contributed by atoms with E-state index in [0.29, 0.717) is 4.48 Å². The monoisotopic (exact) mass is 538 g/mol. The van der Waals surface area contributed by atoms with Crippen molar-refractivity contribution in [2.75, 3.05) is 20.7 Å². The van der Waals surface area contributed by atoms with Crippen LogP contribution in [-0.4, -0.2) is 43.3 Å². The predicted octanol–water partition coefficient (Wildman–Crippen LogP) is 8.91. The standard InChI is InChI=1S/C35H56NO3/c1-6-8-9-10-11-12-13-14-15-16-18-21-31-24-26-33(27-25-31)39-30(3)29-38-35(37)34(7-2)36(4,5)28-32-22-19-17-20-23-32/h17,19-20,22-27,30,34H,6-16,18,21,28-29H2,1-5H3/q+1. The molecular formula is C35H56NO3+. The first kappa shape index (κ1) is 32.9. The number of carbonyl (C=O) groups excluding carboxylic acids is 1. The van der Waals surface area contributed by atoms with Gasteiger partial charge in [0.15, 0.2) is 6.04 Å². The molecule has 2 unspecified atom stereocenters. The molecule has 0 heterocycles. The molecule has 2 aromatic rings. The molecule has 2 rings (SSSR count). The number of rotatable bonds is 21. The highest BCUT2D eigenvalue weighted by atomic mass is 16.6. The number of hydrogen-bond acceptors (Lipinski definition) is 3. The Morgan fingerprint density at radius 2 is 1.31 bits per heavy atom. The zero-order valence-electron chi connectivity index (χ0n) is 25.6. The maximum absolute atomic E-state index is 13.0. The first-order valence-electron chi connectivity index (χ1n) is 15.6. The average molecular weight is 539 g/mol. The highest BCUT2D eigenvalue weighted by molar-refractivity contribution is 5.74. The number of aryl methyl sites for hydroxylation is 1. The summed E-state index contributed by atoms with van der Waals surface area (Å²) >= 11 is 0. The van der Waals surface area contributed by atoms with E-state index >= 15 is 0 Å². The smallest absolute Gasteiger partial charge is 0.365 e. The van der Waals surface area contributed by atoms with Crippen LogP contribution in [-0.2, 0) is 22.5 Å². The SMILES string of the molecule is CCCCCCCCCCCCCc1ccc(OC(C)COC(=O)C(CC)[N+](C)(C)Cc2ccccc2)cc1. The molecule has 0 aliphatic rings. The summed E-state index contributed by atoms with van der Waals surface area (Å²) in [7, 11) is 4.20. The number of hydrogen-bond donors (Lipinski definition) is 0. The van der Waals surface area contributed by atoms with Crippen LogP contribution in [0.1, 0.15) is 109 Å². The van der Waals surface area contributed by atoms with Crippen LogP contribution in [0.2, 0.25) is 0 Å². The summed E-state index contributed by atoms with van der Waals surface area (Å²) in [5, 5.41) is 0. The van der Waals surface area contributed by atoms with Gasteiger partial charge in [-0.2, -0.15) is 0 Å². The van der Waals surface area contributed by atoms with Gasteiger partial charge in [-0.15, -0.1) is 0 Å². The Kier molecular flexibility index (Phi) is 15.9. The zero-order valence-corrected chi connectivity index (χ0v) is 25.6. The molecule has 0 saturated heterocycles. The van der Waals surface area contributed by atoms with Crippen molar-refractivity contribution in [3.63, 3.8) is 0 Å². The van der Waals surface area contributed by atoms with Crippen LogP contribution in [0.15, 0.2) is 54.6 Å². The fourth-order valence-electron chi connectivity index (χ4n) is 5.40. The zero-order chi connectivity index (χ0) is 28.3. The molecule has 2 atom stereocenters. The number of esters is 1. The number of unbranched alkanes of at least 4 members (excludes halogenated alkanes) is 10. The van der Waals surface area contributed by atoms with Crippen LogP contribution in [0.5, 0.6) is 5.75 Å². The normalized spacial score (nSPS) is 13.2. The second-order valence-electron chi connectivity index (χ2n) is 11.8. The highest BCUT2D eigenvalue weighted by Crippen LogP contribution is 2.20. The van der Waals surface area contributed by atoms with Crippen molar-refractivity contribution in [3.05, 3.63) is 65.7 Å². The van der Waals surface area contributed by atoms with E-state index in [-0.39, 0.29) is 24.7 Å². The molecule has 0 N–H and O–H groups in total. The fraction of sp³-hybridized carbons (Fsp3) is 0.629. The van der Waals surface area contributed by atoms with Crippen LogP contribution in [0.3, 0.4) is 0 Å². The van der Waals surface area contributed by atoms with Crippen molar-refractivity contribution in [1.82, 2.24) is 0 Å². The molecule has 0 radical (unpaired) electrons. The quantitative estimate of drug-likeness (QED) is 0.0904. The van der Waals surface area contributed by atoms with Crippen molar-refractivity contribution in [2.24, 2.45) is 0 Å². The predicted molar refractivity (Wildman–Crippen MR) is 164 cm³/mol. The molecule has 0 aromatic heterocycles. The van der Waals surface area contributed by atoms with E-state index in [4.69, 9.17) is 9.47 Å². The molecule has 0 aliphatic carbocycles. The summed E-state index contributed by atoms with van der Waals surface area (Å²) in [6, 6.07) is 18.5. The second kappa shape index (κ2) is 18.9. The molecular weight excluding hydrogens is 482 g/mol. The van der Waals surface area contributed by atoms with Crippen molar-refractivity contribution in [1.29, 1.82) is 0 Å². The van der Waals surface area contributed by atoms with E-state index < -0.39 is 0 Å². The molecule has 2 aromatic carbocycles. The van der Waals surface area contributed by atoms with Crippen LogP contribution in [0.4, 0.5) is 0 Å². The van der Waals surface area contributed by atoms with Crippen LogP contribution in [0.25, 0.3) is 0 Å². The summed E-state index contributed by atoms with van der Waals surface area (Å²) in [5.41, 5.74) is 2.58. The van der Waals surface area contributed by atoms with E-state index in [1.54, 1.807) is 0 Å². The third-order valence-electron chi connectivity index (χ3n) is 7.73. The maximum atomic E-state index is 13.0. The minimum Gasteiger partial charge on any atom is -0.487 e. The van der Waals surface area contributed by atoms with E-state index in [2.05, 4.69) is 52.2 Å². The van der Waals surface area contributed by atoms with E-state index in [0.717, 1.165) is 25.1 Å². The Hall–Kier alpha value is -2.33. The van der Waals surface area contributed by atoms with Gasteiger partial charge in [-0.3, -0.25) is 0 Å². The first-order chi connectivity index (χ1) is 18.9. The Morgan fingerprint density at radius 1 is 0.744 bits per heavy atom. The highest BCUT2D eigenvalue weighted by Gasteiger charge is 2.35. The maximum Gasteiger partial charge on any atom is 0.365 e. The molecule has 0 bridgehead atoms. The van der Waals surface area contributed by atoms with Gasteiger partial charge in [-0.25, -0.2) is 4.79 Å². The van der Waals surface area contributed by atoms with Gasteiger partial charge in [0.05, 0.1) is 14.1 Å². The molecule has 0 saturated carbocycles. The molecule has 0 amide bonds. The van der Waals surface area contributed by atoms with Crippen molar-refractivity contribution >= 4 is 5.97 Å². The Bertz CT molecular complexity index is 894. The van der Waals surface area contributed by atoms with Crippen LogP contribution < -0.4 is 4.74 Å². The van der Waals surface area contributed by atoms with Gasteiger partial charge in [-0.1, -0.05) is 121 Å². The third kappa shape index (κ3) is 13.5. The molecule has 0 spiro atoms. The van der Waals surface area contributed by atoms with E-state index in [1.807, 2.05) is 37.3 Å².